The summed E-state index contributed by atoms with van der Waals surface area (Å²) in [6, 6.07) is 3.35. The zero-order chi connectivity index (χ0) is 15.8. The summed E-state index contributed by atoms with van der Waals surface area (Å²) < 4.78 is 10.6. The SMILES string of the molecule is CNCc1cc(Cl)cc(Cl)c1OC(C)C(=O)NCCOC. The molecule has 1 rings (SSSR count). The van der Waals surface area contributed by atoms with E-state index in [1.165, 1.54) is 0 Å². The third-order valence-electron chi connectivity index (χ3n) is 2.72. The van der Waals surface area contributed by atoms with E-state index in [0.29, 0.717) is 35.5 Å². The minimum Gasteiger partial charge on any atom is -0.479 e. The van der Waals surface area contributed by atoms with Gasteiger partial charge in [-0.2, -0.15) is 0 Å². The lowest BCUT2D eigenvalue weighted by atomic mass is 10.2. The highest BCUT2D eigenvalue weighted by molar-refractivity contribution is 6.35. The van der Waals surface area contributed by atoms with Crippen molar-refractivity contribution in [3.63, 3.8) is 0 Å². The smallest absolute Gasteiger partial charge is 0.260 e. The number of halogens is 2. The van der Waals surface area contributed by atoms with Gasteiger partial charge in [0.15, 0.2) is 6.10 Å². The van der Waals surface area contributed by atoms with Gasteiger partial charge in [-0.1, -0.05) is 23.2 Å². The van der Waals surface area contributed by atoms with E-state index in [9.17, 15) is 4.79 Å². The number of benzene rings is 1. The van der Waals surface area contributed by atoms with Crippen LogP contribution in [0.25, 0.3) is 0 Å². The highest BCUT2D eigenvalue weighted by atomic mass is 35.5. The topological polar surface area (TPSA) is 59.6 Å². The van der Waals surface area contributed by atoms with Crippen molar-refractivity contribution >= 4 is 29.1 Å². The summed E-state index contributed by atoms with van der Waals surface area (Å²) in [5, 5.41) is 6.62. The number of rotatable bonds is 8. The van der Waals surface area contributed by atoms with Crippen LogP contribution < -0.4 is 15.4 Å². The lowest BCUT2D eigenvalue weighted by Gasteiger charge is -2.18. The van der Waals surface area contributed by atoms with Gasteiger partial charge < -0.3 is 20.1 Å². The first-order chi connectivity index (χ1) is 9.99. The minimum absolute atomic E-state index is 0.228. The van der Waals surface area contributed by atoms with Gasteiger partial charge in [0.25, 0.3) is 5.91 Å². The molecule has 1 atom stereocenters. The standard InChI is InChI=1S/C14H20Cl2N2O3/c1-9(14(19)18-4-5-20-3)21-13-10(8-17-2)6-11(15)7-12(13)16/h6-7,9,17H,4-5,8H2,1-3H3,(H,18,19). The molecule has 118 valence electrons. The summed E-state index contributed by atoms with van der Waals surface area (Å²) >= 11 is 12.1. The van der Waals surface area contributed by atoms with Gasteiger partial charge in [0.2, 0.25) is 0 Å². The number of ether oxygens (including phenoxy) is 2. The summed E-state index contributed by atoms with van der Waals surface area (Å²) in [6.07, 6.45) is -0.670. The molecule has 0 saturated heterocycles. The number of carbonyl (C=O) groups is 1. The predicted molar refractivity (Wildman–Crippen MR) is 84.2 cm³/mol. The highest BCUT2D eigenvalue weighted by Crippen LogP contribution is 2.33. The normalized spacial score (nSPS) is 12.0. The van der Waals surface area contributed by atoms with Crippen LogP contribution in [0.2, 0.25) is 10.0 Å². The fraction of sp³-hybridized carbons (Fsp3) is 0.500. The molecule has 0 bridgehead atoms. The van der Waals surface area contributed by atoms with E-state index in [1.54, 1.807) is 33.2 Å². The summed E-state index contributed by atoms with van der Waals surface area (Å²) in [4.78, 5) is 11.9. The molecular weight excluding hydrogens is 315 g/mol. The van der Waals surface area contributed by atoms with Gasteiger partial charge in [0.1, 0.15) is 5.75 Å². The van der Waals surface area contributed by atoms with Gasteiger partial charge >= 0.3 is 0 Å². The Labute approximate surface area is 134 Å². The second kappa shape index (κ2) is 9.10. The largest absolute Gasteiger partial charge is 0.479 e. The van der Waals surface area contributed by atoms with E-state index in [1.807, 2.05) is 0 Å². The van der Waals surface area contributed by atoms with Gasteiger partial charge in [-0.15, -0.1) is 0 Å². The number of hydrogen-bond donors (Lipinski definition) is 2. The minimum atomic E-state index is -0.670. The van der Waals surface area contributed by atoms with E-state index in [2.05, 4.69) is 10.6 Å². The van der Waals surface area contributed by atoms with Crippen molar-refractivity contribution in [1.29, 1.82) is 0 Å². The molecule has 0 saturated carbocycles. The number of methoxy groups -OCH3 is 1. The van der Waals surface area contributed by atoms with Gasteiger partial charge in [-0.05, 0) is 26.1 Å². The lowest BCUT2D eigenvalue weighted by Crippen LogP contribution is -2.38. The number of amides is 1. The van der Waals surface area contributed by atoms with Crippen LogP contribution in [0.15, 0.2) is 12.1 Å². The molecule has 0 radical (unpaired) electrons. The molecule has 1 amide bonds. The van der Waals surface area contributed by atoms with Crippen LogP contribution >= 0.6 is 23.2 Å². The maximum Gasteiger partial charge on any atom is 0.260 e. The monoisotopic (exact) mass is 334 g/mol. The molecule has 7 heteroatoms. The van der Waals surface area contributed by atoms with Crippen LogP contribution in [0.5, 0.6) is 5.75 Å². The molecule has 0 spiro atoms. The summed E-state index contributed by atoms with van der Waals surface area (Å²) in [5.41, 5.74) is 0.798. The number of hydrogen-bond acceptors (Lipinski definition) is 4. The lowest BCUT2D eigenvalue weighted by molar-refractivity contribution is -0.127. The summed E-state index contributed by atoms with van der Waals surface area (Å²) in [7, 11) is 3.38. The van der Waals surface area contributed by atoms with Gasteiger partial charge in [0, 0.05) is 30.8 Å². The Morgan fingerprint density at radius 2 is 2.10 bits per heavy atom. The van der Waals surface area contributed by atoms with Crippen molar-refractivity contribution in [3.8, 4) is 5.75 Å². The molecule has 0 aliphatic heterocycles. The Morgan fingerprint density at radius 1 is 1.38 bits per heavy atom. The van der Waals surface area contributed by atoms with Crippen molar-refractivity contribution in [2.24, 2.45) is 0 Å². The third-order valence-corrected chi connectivity index (χ3v) is 3.22. The van der Waals surface area contributed by atoms with Gasteiger partial charge in [0.05, 0.1) is 11.6 Å². The fourth-order valence-corrected chi connectivity index (χ4v) is 2.30. The first-order valence-corrected chi connectivity index (χ1v) is 7.31. The van der Waals surface area contributed by atoms with Crippen LogP contribution in [0, 0.1) is 0 Å². The zero-order valence-corrected chi connectivity index (χ0v) is 13.8. The molecule has 21 heavy (non-hydrogen) atoms. The first-order valence-electron chi connectivity index (χ1n) is 6.55. The maximum absolute atomic E-state index is 11.9. The van der Waals surface area contributed by atoms with Crippen LogP contribution in [0.3, 0.4) is 0 Å². The van der Waals surface area contributed by atoms with E-state index in [0.717, 1.165) is 5.56 Å². The molecule has 5 nitrogen and oxygen atoms in total. The Kier molecular flexibility index (Phi) is 7.82. The average Bonchev–Trinajstić information content (AvgIpc) is 2.42. The van der Waals surface area contributed by atoms with Gasteiger partial charge in [-0.25, -0.2) is 0 Å². The van der Waals surface area contributed by atoms with Crippen LogP contribution in [-0.2, 0) is 16.1 Å². The highest BCUT2D eigenvalue weighted by Gasteiger charge is 2.18. The molecule has 0 heterocycles. The number of nitrogens with one attached hydrogen (secondary N) is 2. The second-order valence-corrected chi connectivity index (χ2v) is 5.29. The van der Waals surface area contributed by atoms with Gasteiger partial charge in [-0.3, -0.25) is 4.79 Å². The Balaban J connectivity index is 2.79. The quantitative estimate of drug-likeness (QED) is 0.716. The molecule has 1 aromatic carbocycles. The maximum atomic E-state index is 11.9. The second-order valence-electron chi connectivity index (χ2n) is 4.45. The summed E-state index contributed by atoms with van der Waals surface area (Å²) in [6.45, 7) is 3.08. The Hall–Kier alpha value is -1.01. The Bertz CT molecular complexity index is 484. The summed E-state index contributed by atoms with van der Waals surface area (Å²) in [5.74, 6) is 0.235. The molecule has 1 unspecified atom stereocenters. The van der Waals surface area contributed by atoms with Crippen molar-refractivity contribution in [3.05, 3.63) is 27.7 Å². The van der Waals surface area contributed by atoms with Crippen LogP contribution in [-0.4, -0.2) is 39.3 Å². The van der Waals surface area contributed by atoms with Crippen LogP contribution in [0.1, 0.15) is 12.5 Å². The molecule has 0 aromatic heterocycles. The van der Waals surface area contributed by atoms with Crippen molar-refractivity contribution in [2.75, 3.05) is 27.3 Å². The van der Waals surface area contributed by atoms with E-state index in [-0.39, 0.29) is 5.91 Å². The fourth-order valence-electron chi connectivity index (χ4n) is 1.72. The molecule has 2 N–H and O–H groups in total. The van der Waals surface area contributed by atoms with E-state index >= 15 is 0 Å². The predicted octanol–water partition coefficient (Wildman–Crippen LogP) is 2.24. The van der Waals surface area contributed by atoms with Crippen molar-refractivity contribution in [2.45, 2.75) is 19.6 Å². The molecule has 0 aliphatic rings. The molecule has 1 aromatic rings. The van der Waals surface area contributed by atoms with Crippen LogP contribution in [0.4, 0.5) is 0 Å². The van der Waals surface area contributed by atoms with E-state index < -0.39 is 6.10 Å². The zero-order valence-electron chi connectivity index (χ0n) is 12.3. The first kappa shape index (κ1) is 18.0. The molecular formula is C14H20Cl2N2O3. The molecule has 0 fully saturated rings. The van der Waals surface area contributed by atoms with E-state index in [4.69, 9.17) is 32.7 Å². The third kappa shape index (κ3) is 5.71. The Morgan fingerprint density at radius 3 is 2.71 bits per heavy atom. The number of carbonyl (C=O) groups excluding carboxylic acids is 1. The van der Waals surface area contributed by atoms with Crippen molar-refractivity contribution in [1.82, 2.24) is 10.6 Å². The van der Waals surface area contributed by atoms with Crippen molar-refractivity contribution < 1.29 is 14.3 Å². The molecule has 0 aliphatic carbocycles. The average molecular weight is 335 g/mol.